The van der Waals surface area contributed by atoms with Crippen LogP contribution in [0.5, 0.6) is 0 Å². The molecule has 1 aliphatic carbocycles. The van der Waals surface area contributed by atoms with Crippen molar-refractivity contribution in [2.75, 3.05) is 6.61 Å². The second-order valence-electron chi connectivity index (χ2n) is 3.89. The molecule has 3 N–H and O–H groups in total. The van der Waals surface area contributed by atoms with Crippen LogP contribution in [0.2, 0.25) is 0 Å². The molecule has 2 atom stereocenters. The van der Waals surface area contributed by atoms with E-state index >= 15 is 0 Å². The maximum Gasteiger partial charge on any atom is 0.0850 e. The van der Waals surface area contributed by atoms with E-state index in [1.54, 1.807) is 0 Å². The number of hydrogen-bond donors (Lipinski definition) is 2. The second kappa shape index (κ2) is 4.06. The lowest BCUT2D eigenvalue weighted by Crippen LogP contribution is -2.16. The topological polar surface area (TPSA) is 77.0 Å². The molecule has 1 aromatic rings. The SMILES string of the molecule is N[C@@H]1CC[C@H](n2cc(CCO)nn2)C1. The zero-order chi connectivity index (χ0) is 9.97. The van der Waals surface area contributed by atoms with E-state index in [-0.39, 0.29) is 6.61 Å². The minimum Gasteiger partial charge on any atom is -0.396 e. The van der Waals surface area contributed by atoms with Gasteiger partial charge in [-0.1, -0.05) is 5.21 Å². The zero-order valence-electron chi connectivity index (χ0n) is 8.13. The van der Waals surface area contributed by atoms with E-state index in [2.05, 4.69) is 10.3 Å². The summed E-state index contributed by atoms with van der Waals surface area (Å²) in [4.78, 5) is 0. The van der Waals surface area contributed by atoms with Crippen LogP contribution in [0.25, 0.3) is 0 Å². The number of aromatic nitrogens is 3. The van der Waals surface area contributed by atoms with Crippen LogP contribution in [-0.4, -0.2) is 32.7 Å². The van der Waals surface area contributed by atoms with Crippen LogP contribution in [0.1, 0.15) is 31.0 Å². The molecule has 0 saturated heterocycles. The van der Waals surface area contributed by atoms with Gasteiger partial charge in [-0.15, -0.1) is 5.10 Å². The molecule has 0 unspecified atom stereocenters. The lowest BCUT2D eigenvalue weighted by molar-refractivity contribution is 0.298. The average Bonchev–Trinajstić information content (AvgIpc) is 2.74. The molecule has 14 heavy (non-hydrogen) atoms. The van der Waals surface area contributed by atoms with Gasteiger partial charge in [-0.3, -0.25) is 0 Å². The van der Waals surface area contributed by atoms with Gasteiger partial charge in [0, 0.05) is 25.3 Å². The highest BCUT2D eigenvalue weighted by molar-refractivity contribution is 4.95. The number of aliphatic hydroxyl groups excluding tert-OH is 1. The Morgan fingerprint density at radius 1 is 1.57 bits per heavy atom. The first-order chi connectivity index (χ1) is 6.79. The second-order valence-corrected chi connectivity index (χ2v) is 3.89. The van der Waals surface area contributed by atoms with Crippen molar-refractivity contribution in [3.8, 4) is 0 Å². The molecule has 78 valence electrons. The Hall–Kier alpha value is -0.940. The number of aliphatic hydroxyl groups is 1. The van der Waals surface area contributed by atoms with Crippen LogP contribution in [-0.2, 0) is 6.42 Å². The predicted molar refractivity (Wildman–Crippen MR) is 51.7 cm³/mol. The molecular formula is C9H16N4O. The fourth-order valence-corrected chi connectivity index (χ4v) is 1.95. The highest BCUT2D eigenvalue weighted by Crippen LogP contribution is 2.27. The first-order valence-electron chi connectivity index (χ1n) is 5.06. The van der Waals surface area contributed by atoms with Crippen LogP contribution in [0.4, 0.5) is 0 Å². The van der Waals surface area contributed by atoms with Gasteiger partial charge in [0.2, 0.25) is 0 Å². The van der Waals surface area contributed by atoms with Gasteiger partial charge in [-0.2, -0.15) is 0 Å². The van der Waals surface area contributed by atoms with Crippen molar-refractivity contribution in [3.05, 3.63) is 11.9 Å². The monoisotopic (exact) mass is 196 g/mol. The molecule has 5 heteroatoms. The van der Waals surface area contributed by atoms with Gasteiger partial charge in [0.05, 0.1) is 11.7 Å². The van der Waals surface area contributed by atoms with Gasteiger partial charge in [0.15, 0.2) is 0 Å². The minimum atomic E-state index is 0.128. The molecule has 1 aromatic heterocycles. The Kier molecular flexibility index (Phi) is 2.79. The van der Waals surface area contributed by atoms with E-state index in [1.807, 2.05) is 10.9 Å². The fraction of sp³-hybridized carbons (Fsp3) is 0.778. The van der Waals surface area contributed by atoms with Gasteiger partial charge in [-0.25, -0.2) is 4.68 Å². The van der Waals surface area contributed by atoms with Gasteiger partial charge in [-0.05, 0) is 19.3 Å². The molecule has 0 spiro atoms. The van der Waals surface area contributed by atoms with Crippen molar-refractivity contribution in [1.29, 1.82) is 0 Å². The number of nitrogens with two attached hydrogens (primary N) is 1. The summed E-state index contributed by atoms with van der Waals surface area (Å²) in [6.45, 7) is 0.128. The van der Waals surface area contributed by atoms with E-state index in [4.69, 9.17) is 10.8 Å². The summed E-state index contributed by atoms with van der Waals surface area (Å²) in [5.41, 5.74) is 6.68. The third-order valence-corrected chi connectivity index (χ3v) is 2.75. The smallest absolute Gasteiger partial charge is 0.0850 e. The summed E-state index contributed by atoms with van der Waals surface area (Å²) < 4.78 is 1.89. The summed E-state index contributed by atoms with van der Waals surface area (Å²) in [5.74, 6) is 0. The largest absolute Gasteiger partial charge is 0.396 e. The van der Waals surface area contributed by atoms with Crippen LogP contribution in [0.3, 0.4) is 0 Å². The Balaban J connectivity index is 2.02. The maximum absolute atomic E-state index is 8.74. The summed E-state index contributed by atoms with van der Waals surface area (Å²) in [6.07, 6.45) is 5.64. The lowest BCUT2D eigenvalue weighted by atomic mass is 10.2. The normalized spacial score (nSPS) is 27.0. The van der Waals surface area contributed by atoms with E-state index < -0.39 is 0 Å². The molecule has 0 amide bonds. The summed E-state index contributed by atoms with van der Waals surface area (Å²) in [5, 5.41) is 16.8. The van der Waals surface area contributed by atoms with Crippen LogP contribution >= 0.6 is 0 Å². The Morgan fingerprint density at radius 2 is 2.43 bits per heavy atom. The van der Waals surface area contributed by atoms with Crippen molar-refractivity contribution >= 4 is 0 Å². The average molecular weight is 196 g/mol. The Morgan fingerprint density at radius 3 is 3.07 bits per heavy atom. The molecule has 0 aromatic carbocycles. The molecule has 0 bridgehead atoms. The summed E-state index contributed by atoms with van der Waals surface area (Å²) >= 11 is 0. The molecule has 0 aliphatic heterocycles. The van der Waals surface area contributed by atoms with Crippen molar-refractivity contribution < 1.29 is 5.11 Å². The van der Waals surface area contributed by atoms with Crippen LogP contribution < -0.4 is 5.73 Å². The van der Waals surface area contributed by atoms with Gasteiger partial charge >= 0.3 is 0 Å². The van der Waals surface area contributed by atoms with E-state index in [9.17, 15) is 0 Å². The molecule has 1 fully saturated rings. The highest BCUT2D eigenvalue weighted by atomic mass is 16.3. The highest BCUT2D eigenvalue weighted by Gasteiger charge is 2.23. The van der Waals surface area contributed by atoms with Crippen LogP contribution in [0.15, 0.2) is 6.20 Å². The molecule has 0 radical (unpaired) electrons. The summed E-state index contributed by atoms with van der Waals surface area (Å²) in [7, 11) is 0. The Labute approximate surface area is 82.9 Å². The quantitative estimate of drug-likeness (QED) is 0.705. The van der Waals surface area contributed by atoms with E-state index in [0.717, 1.165) is 25.0 Å². The first-order valence-corrected chi connectivity index (χ1v) is 5.06. The molecular weight excluding hydrogens is 180 g/mol. The zero-order valence-corrected chi connectivity index (χ0v) is 8.13. The van der Waals surface area contributed by atoms with Crippen LogP contribution in [0, 0.1) is 0 Å². The van der Waals surface area contributed by atoms with Gasteiger partial charge in [0.1, 0.15) is 0 Å². The Bertz CT molecular complexity index is 299. The molecule has 1 heterocycles. The number of hydrogen-bond acceptors (Lipinski definition) is 4. The number of nitrogens with zero attached hydrogens (tertiary/aromatic N) is 3. The molecule has 1 aliphatic rings. The predicted octanol–water partition coefficient (Wildman–Crippen LogP) is -0.135. The molecule has 5 nitrogen and oxygen atoms in total. The third kappa shape index (κ3) is 1.93. The van der Waals surface area contributed by atoms with Crippen molar-refractivity contribution in [2.24, 2.45) is 5.73 Å². The van der Waals surface area contributed by atoms with Gasteiger partial charge in [0.25, 0.3) is 0 Å². The maximum atomic E-state index is 8.74. The summed E-state index contributed by atoms with van der Waals surface area (Å²) in [6, 6.07) is 0.718. The van der Waals surface area contributed by atoms with Crippen molar-refractivity contribution in [2.45, 2.75) is 37.8 Å². The minimum absolute atomic E-state index is 0.128. The fourth-order valence-electron chi connectivity index (χ4n) is 1.95. The molecule has 2 rings (SSSR count). The number of rotatable bonds is 3. The van der Waals surface area contributed by atoms with Crippen molar-refractivity contribution in [1.82, 2.24) is 15.0 Å². The van der Waals surface area contributed by atoms with E-state index in [0.29, 0.717) is 18.5 Å². The standard InChI is InChI=1S/C9H16N4O/c10-7-1-2-9(5-7)13-6-8(3-4-14)11-12-13/h6-7,9,14H,1-5,10H2/t7-,9+/m1/s1. The third-order valence-electron chi connectivity index (χ3n) is 2.75. The van der Waals surface area contributed by atoms with E-state index in [1.165, 1.54) is 0 Å². The first kappa shape index (κ1) is 9.61. The van der Waals surface area contributed by atoms with Crippen molar-refractivity contribution in [3.63, 3.8) is 0 Å². The van der Waals surface area contributed by atoms with Gasteiger partial charge < -0.3 is 10.8 Å². The lowest BCUT2D eigenvalue weighted by Gasteiger charge is -2.07. The molecule has 1 saturated carbocycles.